The molecule has 0 atom stereocenters. The zero-order chi connectivity index (χ0) is 19.5. The van der Waals surface area contributed by atoms with Crippen LogP contribution >= 0.6 is 0 Å². The van der Waals surface area contributed by atoms with Gasteiger partial charge in [0.05, 0.1) is 28.7 Å². The van der Waals surface area contributed by atoms with Gasteiger partial charge in [0.25, 0.3) is 0 Å². The van der Waals surface area contributed by atoms with Crippen molar-refractivity contribution in [2.45, 2.75) is 5.92 Å². The van der Waals surface area contributed by atoms with E-state index in [2.05, 4.69) is 39.1 Å². The van der Waals surface area contributed by atoms with Crippen LogP contribution in [0.25, 0.3) is 23.4 Å². The van der Waals surface area contributed by atoms with Gasteiger partial charge in [0.2, 0.25) is 0 Å². The van der Waals surface area contributed by atoms with Crippen LogP contribution < -0.4 is 4.90 Å². The number of rotatable bonds is 5. The Morgan fingerprint density at radius 1 is 1.00 bits per heavy atom. The van der Waals surface area contributed by atoms with Gasteiger partial charge in [-0.1, -0.05) is 31.4 Å². The maximum atomic E-state index is 9.00. The first kappa shape index (κ1) is 17.6. The lowest BCUT2D eigenvalue weighted by molar-refractivity contribution is 0.508. The van der Waals surface area contributed by atoms with E-state index >= 15 is 0 Å². The molecule has 3 aromatic rings. The first-order chi connectivity index (χ1) is 13.7. The van der Waals surface area contributed by atoms with Gasteiger partial charge in [-0.2, -0.15) is 5.26 Å². The summed E-state index contributed by atoms with van der Waals surface area (Å²) in [5.74, 6) is 1.22. The van der Waals surface area contributed by atoms with Crippen molar-refractivity contribution >= 4 is 18.0 Å². The summed E-state index contributed by atoms with van der Waals surface area (Å²) in [6.45, 7) is 9.32. The Morgan fingerprint density at radius 3 is 2.43 bits per heavy atom. The van der Waals surface area contributed by atoms with Crippen molar-refractivity contribution in [2.75, 3.05) is 18.0 Å². The van der Waals surface area contributed by atoms with Crippen molar-refractivity contribution in [1.29, 1.82) is 5.26 Å². The lowest BCUT2D eigenvalue weighted by Crippen LogP contribution is -2.46. The number of hydrogen-bond acceptors (Lipinski definition) is 5. The van der Waals surface area contributed by atoms with Crippen LogP contribution in [0.1, 0.15) is 28.4 Å². The highest BCUT2D eigenvalue weighted by Crippen LogP contribution is 2.34. The molecule has 3 heterocycles. The zero-order valence-electron chi connectivity index (χ0n) is 15.4. The van der Waals surface area contributed by atoms with Gasteiger partial charge in [-0.05, 0) is 35.9 Å². The summed E-state index contributed by atoms with van der Waals surface area (Å²) in [4.78, 5) is 16.1. The molecule has 1 fully saturated rings. The second kappa shape index (κ2) is 7.45. The molecule has 1 saturated heterocycles. The van der Waals surface area contributed by atoms with Crippen LogP contribution in [0.4, 0.5) is 5.82 Å². The van der Waals surface area contributed by atoms with Crippen LogP contribution in [-0.4, -0.2) is 28.0 Å². The molecule has 4 rings (SSSR count). The van der Waals surface area contributed by atoms with E-state index in [0.29, 0.717) is 5.56 Å². The molecule has 28 heavy (non-hydrogen) atoms. The van der Waals surface area contributed by atoms with E-state index in [0.717, 1.165) is 47.1 Å². The Hall–Kier alpha value is -3.78. The lowest BCUT2D eigenvalue weighted by atomic mass is 9.92. The van der Waals surface area contributed by atoms with E-state index in [4.69, 9.17) is 5.26 Å². The Kier molecular flexibility index (Phi) is 4.69. The number of nitriles is 1. The molecule has 0 amide bonds. The van der Waals surface area contributed by atoms with E-state index in [1.165, 1.54) is 0 Å². The monoisotopic (exact) mass is 365 g/mol. The fraction of sp³-hybridized carbons (Fsp3) is 0.130. The predicted octanol–water partition coefficient (Wildman–Crippen LogP) is 4.30. The first-order valence-electron chi connectivity index (χ1n) is 9.05. The molecule has 0 unspecified atom stereocenters. The highest BCUT2D eigenvalue weighted by molar-refractivity contribution is 5.66. The Labute approximate surface area is 164 Å². The van der Waals surface area contributed by atoms with Crippen molar-refractivity contribution in [2.24, 2.45) is 0 Å². The molecule has 0 saturated carbocycles. The largest absolute Gasteiger partial charge is 0.355 e. The summed E-state index contributed by atoms with van der Waals surface area (Å²) < 4.78 is 0. The standard InChI is InChI=1S/C23H19N5/c1-3-17-9-10-21(27-20(17)4-2)28-14-19(15-28)23-22(25-11-12-26-23)18-7-5-16(13-24)6-8-18/h3-12,19H,1-2,14-15H2. The fourth-order valence-corrected chi connectivity index (χ4v) is 3.40. The molecule has 5 nitrogen and oxygen atoms in total. The average molecular weight is 365 g/mol. The molecule has 0 bridgehead atoms. The molecule has 0 aliphatic carbocycles. The zero-order valence-corrected chi connectivity index (χ0v) is 15.4. The summed E-state index contributed by atoms with van der Waals surface area (Å²) in [7, 11) is 0. The van der Waals surface area contributed by atoms with Crippen LogP contribution in [0.5, 0.6) is 0 Å². The number of pyridine rings is 1. The second-order valence-electron chi connectivity index (χ2n) is 6.63. The molecule has 1 aliphatic rings. The van der Waals surface area contributed by atoms with Gasteiger partial charge in [-0.25, -0.2) is 4.98 Å². The highest BCUT2D eigenvalue weighted by atomic mass is 15.2. The Bertz CT molecular complexity index is 1070. The molecule has 5 heteroatoms. The normalized spacial score (nSPS) is 13.5. The van der Waals surface area contributed by atoms with E-state index in [-0.39, 0.29) is 5.92 Å². The van der Waals surface area contributed by atoms with Crippen LogP contribution in [-0.2, 0) is 0 Å². The topological polar surface area (TPSA) is 65.7 Å². The third-order valence-electron chi connectivity index (χ3n) is 4.96. The number of anilines is 1. The second-order valence-corrected chi connectivity index (χ2v) is 6.63. The van der Waals surface area contributed by atoms with E-state index in [1.807, 2.05) is 36.4 Å². The minimum Gasteiger partial charge on any atom is -0.355 e. The Balaban J connectivity index is 1.56. The molecule has 1 aromatic carbocycles. The summed E-state index contributed by atoms with van der Waals surface area (Å²) in [6.07, 6.45) is 6.98. The maximum Gasteiger partial charge on any atom is 0.129 e. The maximum absolute atomic E-state index is 9.00. The predicted molar refractivity (Wildman–Crippen MR) is 112 cm³/mol. The van der Waals surface area contributed by atoms with Crippen LogP contribution in [0.3, 0.4) is 0 Å². The first-order valence-corrected chi connectivity index (χ1v) is 9.05. The number of nitrogens with zero attached hydrogens (tertiary/aromatic N) is 5. The van der Waals surface area contributed by atoms with Crippen molar-refractivity contribution in [3.05, 3.63) is 84.5 Å². The minimum atomic E-state index is 0.285. The number of hydrogen-bond donors (Lipinski definition) is 0. The third-order valence-corrected chi connectivity index (χ3v) is 4.96. The van der Waals surface area contributed by atoms with Gasteiger partial charge in [0.1, 0.15) is 5.82 Å². The highest BCUT2D eigenvalue weighted by Gasteiger charge is 2.32. The molecule has 136 valence electrons. The van der Waals surface area contributed by atoms with Gasteiger partial charge in [0, 0.05) is 37.0 Å². The van der Waals surface area contributed by atoms with Crippen molar-refractivity contribution < 1.29 is 0 Å². The van der Waals surface area contributed by atoms with E-state index < -0.39 is 0 Å². The van der Waals surface area contributed by atoms with E-state index in [9.17, 15) is 0 Å². The van der Waals surface area contributed by atoms with Gasteiger partial charge < -0.3 is 4.90 Å². The van der Waals surface area contributed by atoms with Crippen molar-refractivity contribution in [1.82, 2.24) is 15.0 Å². The Morgan fingerprint density at radius 2 is 1.75 bits per heavy atom. The summed E-state index contributed by atoms with van der Waals surface area (Å²) >= 11 is 0. The number of benzene rings is 1. The molecular formula is C23H19N5. The lowest BCUT2D eigenvalue weighted by Gasteiger charge is -2.40. The minimum absolute atomic E-state index is 0.285. The van der Waals surface area contributed by atoms with Gasteiger partial charge in [0.15, 0.2) is 0 Å². The van der Waals surface area contributed by atoms with Gasteiger partial charge in [-0.3, -0.25) is 9.97 Å². The summed E-state index contributed by atoms with van der Waals surface area (Å²) in [5, 5.41) is 9.00. The molecule has 0 spiro atoms. The van der Waals surface area contributed by atoms with Gasteiger partial charge in [-0.15, -0.1) is 0 Å². The van der Waals surface area contributed by atoms with Crippen molar-refractivity contribution in [3.63, 3.8) is 0 Å². The van der Waals surface area contributed by atoms with Crippen LogP contribution in [0.2, 0.25) is 0 Å². The molecule has 0 N–H and O–H groups in total. The van der Waals surface area contributed by atoms with Crippen LogP contribution in [0, 0.1) is 11.3 Å². The van der Waals surface area contributed by atoms with Crippen LogP contribution in [0.15, 0.2) is 61.9 Å². The smallest absolute Gasteiger partial charge is 0.129 e. The molecular weight excluding hydrogens is 346 g/mol. The SMILES string of the molecule is C=Cc1ccc(N2CC(c3nccnc3-c3ccc(C#N)cc3)C2)nc1C=C. The average Bonchev–Trinajstić information content (AvgIpc) is 2.73. The number of aromatic nitrogens is 3. The van der Waals surface area contributed by atoms with E-state index in [1.54, 1.807) is 24.5 Å². The summed E-state index contributed by atoms with van der Waals surface area (Å²) in [5.41, 5.74) is 5.29. The fourth-order valence-electron chi connectivity index (χ4n) is 3.40. The molecule has 0 radical (unpaired) electrons. The molecule has 1 aliphatic heterocycles. The summed E-state index contributed by atoms with van der Waals surface area (Å²) in [6, 6.07) is 13.6. The van der Waals surface area contributed by atoms with Crippen molar-refractivity contribution in [3.8, 4) is 17.3 Å². The third kappa shape index (κ3) is 3.17. The van der Waals surface area contributed by atoms with Gasteiger partial charge >= 0.3 is 0 Å². The quantitative estimate of drug-likeness (QED) is 0.674. The molecule has 2 aromatic heterocycles.